The zero-order chi connectivity index (χ0) is 18.6. The monoisotopic (exact) mass is 365 g/mol. The summed E-state index contributed by atoms with van der Waals surface area (Å²) in [5.41, 5.74) is 1.85. The lowest BCUT2D eigenvalue weighted by Gasteiger charge is -2.32. The minimum absolute atomic E-state index is 0.103. The molecule has 0 spiro atoms. The summed E-state index contributed by atoms with van der Waals surface area (Å²) >= 11 is 0. The number of amides is 1. The van der Waals surface area contributed by atoms with Gasteiger partial charge in [0, 0.05) is 19.1 Å². The number of aryl methyl sites for hydroxylation is 2. The summed E-state index contributed by atoms with van der Waals surface area (Å²) in [5, 5.41) is 11.3. The van der Waals surface area contributed by atoms with Gasteiger partial charge in [-0.15, -0.1) is 0 Å². The first-order chi connectivity index (χ1) is 11.8. The number of methoxy groups -OCH3 is 1. The average molecular weight is 365 g/mol. The van der Waals surface area contributed by atoms with E-state index in [1.165, 1.54) is 11.4 Å². The molecule has 1 saturated heterocycles. The Bertz CT molecular complexity index is 791. The molecule has 0 aliphatic carbocycles. The van der Waals surface area contributed by atoms with Crippen molar-refractivity contribution in [3.05, 3.63) is 23.3 Å². The SMILES string of the molecule is COc1cc(C)c(C)cc1S(=O)(=O)N1CCC(NC(=O)CC#N)CC1. The van der Waals surface area contributed by atoms with Crippen molar-refractivity contribution in [2.45, 2.75) is 44.0 Å². The first-order valence-electron chi connectivity index (χ1n) is 8.11. The van der Waals surface area contributed by atoms with E-state index in [0.717, 1.165) is 11.1 Å². The van der Waals surface area contributed by atoms with Gasteiger partial charge < -0.3 is 10.1 Å². The molecule has 1 fully saturated rings. The van der Waals surface area contributed by atoms with Crippen LogP contribution in [-0.2, 0) is 14.8 Å². The van der Waals surface area contributed by atoms with Gasteiger partial charge in [-0.2, -0.15) is 9.57 Å². The van der Waals surface area contributed by atoms with E-state index in [1.807, 2.05) is 13.8 Å². The fraction of sp³-hybridized carbons (Fsp3) is 0.529. The molecular formula is C17H23N3O4S. The van der Waals surface area contributed by atoms with E-state index in [-0.39, 0.29) is 23.3 Å². The van der Waals surface area contributed by atoms with Crippen LogP contribution in [-0.4, -0.2) is 44.9 Å². The fourth-order valence-electron chi connectivity index (χ4n) is 2.85. The van der Waals surface area contributed by atoms with Gasteiger partial charge in [0.1, 0.15) is 17.1 Å². The lowest BCUT2D eigenvalue weighted by molar-refractivity contribution is -0.121. The number of benzene rings is 1. The number of nitrogens with one attached hydrogen (secondary N) is 1. The van der Waals surface area contributed by atoms with Gasteiger partial charge in [0.2, 0.25) is 15.9 Å². The normalized spacial score (nSPS) is 16.2. The number of carbonyl (C=O) groups is 1. The molecular weight excluding hydrogens is 342 g/mol. The molecule has 0 bridgehead atoms. The lowest BCUT2D eigenvalue weighted by Crippen LogP contribution is -2.46. The van der Waals surface area contributed by atoms with Crippen LogP contribution >= 0.6 is 0 Å². The maximum absolute atomic E-state index is 13.0. The number of nitrogens with zero attached hydrogens (tertiary/aromatic N) is 2. The van der Waals surface area contributed by atoms with Gasteiger partial charge in [-0.3, -0.25) is 4.79 Å². The number of sulfonamides is 1. The molecule has 1 N–H and O–H groups in total. The molecule has 0 unspecified atom stereocenters. The van der Waals surface area contributed by atoms with Gasteiger partial charge in [-0.1, -0.05) is 0 Å². The molecule has 0 radical (unpaired) electrons. The molecule has 1 heterocycles. The highest BCUT2D eigenvalue weighted by Crippen LogP contribution is 2.31. The summed E-state index contributed by atoms with van der Waals surface area (Å²) in [6.45, 7) is 4.40. The highest BCUT2D eigenvalue weighted by molar-refractivity contribution is 7.89. The van der Waals surface area contributed by atoms with Gasteiger partial charge >= 0.3 is 0 Å². The van der Waals surface area contributed by atoms with Crippen LogP contribution in [0.15, 0.2) is 17.0 Å². The lowest BCUT2D eigenvalue weighted by atomic mass is 10.1. The smallest absolute Gasteiger partial charge is 0.246 e. The van der Waals surface area contributed by atoms with Gasteiger partial charge in [-0.25, -0.2) is 8.42 Å². The molecule has 0 atom stereocenters. The third-order valence-corrected chi connectivity index (χ3v) is 6.38. The maximum atomic E-state index is 13.0. The molecule has 7 nitrogen and oxygen atoms in total. The molecule has 2 rings (SSSR count). The predicted molar refractivity (Wildman–Crippen MR) is 92.6 cm³/mol. The van der Waals surface area contributed by atoms with Crippen LogP contribution in [0.25, 0.3) is 0 Å². The number of nitriles is 1. The van der Waals surface area contributed by atoms with Crippen LogP contribution in [0.1, 0.15) is 30.4 Å². The second-order valence-corrected chi connectivity index (χ2v) is 8.07. The quantitative estimate of drug-likeness (QED) is 0.852. The molecule has 1 aliphatic rings. The average Bonchev–Trinajstić information content (AvgIpc) is 2.57. The molecule has 1 aliphatic heterocycles. The number of hydrogen-bond acceptors (Lipinski definition) is 5. The van der Waals surface area contributed by atoms with Crippen LogP contribution in [0, 0.1) is 25.2 Å². The van der Waals surface area contributed by atoms with Gasteiger partial charge in [0.15, 0.2) is 0 Å². The number of piperidine rings is 1. The molecule has 0 aromatic heterocycles. The summed E-state index contributed by atoms with van der Waals surface area (Å²) in [6.07, 6.45) is 0.853. The topological polar surface area (TPSA) is 99.5 Å². The molecule has 8 heteroatoms. The summed E-state index contributed by atoms with van der Waals surface area (Å²) < 4.78 is 32.6. The summed E-state index contributed by atoms with van der Waals surface area (Å²) in [6, 6.07) is 5.08. The fourth-order valence-corrected chi connectivity index (χ4v) is 4.55. The number of hydrogen-bond donors (Lipinski definition) is 1. The van der Waals surface area contributed by atoms with Crippen LogP contribution in [0.3, 0.4) is 0 Å². The Balaban J connectivity index is 2.14. The van der Waals surface area contributed by atoms with Gasteiger partial charge in [0.25, 0.3) is 0 Å². The Morgan fingerprint density at radius 1 is 1.32 bits per heavy atom. The van der Waals surface area contributed by atoms with Crippen molar-refractivity contribution in [3.8, 4) is 11.8 Å². The van der Waals surface area contributed by atoms with Crippen molar-refractivity contribution in [2.75, 3.05) is 20.2 Å². The maximum Gasteiger partial charge on any atom is 0.246 e. The van der Waals surface area contributed by atoms with Crippen molar-refractivity contribution in [1.82, 2.24) is 9.62 Å². The third-order valence-electron chi connectivity index (χ3n) is 4.46. The van der Waals surface area contributed by atoms with Crippen LogP contribution in [0.2, 0.25) is 0 Å². The molecule has 1 aromatic carbocycles. The predicted octanol–water partition coefficient (Wildman–Crippen LogP) is 1.50. The van der Waals surface area contributed by atoms with Crippen LogP contribution < -0.4 is 10.1 Å². The third kappa shape index (κ3) is 4.30. The van der Waals surface area contributed by atoms with E-state index in [0.29, 0.717) is 31.7 Å². The van der Waals surface area contributed by atoms with E-state index in [2.05, 4.69) is 5.32 Å². The molecule has 1 aromatic rings. The zero-order valence-corrected chi connectivity index (χ0v) is 15.5. The first-order valence-corrected chi connectivity index (χ1v) is 9.55. The van der Waals surface area contributed by atoms with Gasteiger partial charge in [0.05, 0.1) is 13.2 Å². The molecule has 1 amide bonds. The van der Waals surface area contributed by atoms with Crippen molar-refractivity contribution < 1.29 is 17.9 Å². The number of carbonyl (C=O) groups excluding carboxylic acids is 1. The Hall–Kier alpha value is -2.11. The Morgan fingerprint density at radius 2 is 1.92 bits per heavy atom. The number of ether oxygens (including phenoxy) is 1. The van der Waals surface area contributed by atoms with Crippen molar-refractivity contribution >= 4 is 15.9 Å². The highest BCUT2D eigenvalue weighted by Gasteiger charge is 2.32. The van der Waals surface area contributed by atoms with E-state index < -0.39 is 10.0 Å². The summed E-state index contributed by atoms with van der Waals surface area (Å²) in [5.74, 6) is 0.0205. The van der Waals surface area contributed by atoms with Crippen LogP contribution in [0.4, 0.5) is 0 Å². The standard InChI is InChI=1S/C17H23N3O4S/c1-12-10-15(24-3)16(11-13(12)2)25(22,23)20-8-5-14(6-9-20)19-17(21)4-7-18/h10-11,14H,4-6,8-9H2,1-3H3,(H,19,21). The molecule has 25 heavy (non-hydrogen) atoms. The van der Waals surface area contributed by atoms with Crippen LogP contribution in [0.5, 0.6) is 5.75 Å². The highest BCUT2D eigenvalue weighted by atomic mass is 32.2. The second-order valence-electron chi connectivity index (χ2n) is 6.17. The summed E-state index contributed by atoms with van der Waals surface area (Å²) in [4.78, 5) is 11.7. The first kappa shape index (κ1) is 19.2. The Kier molecular flexibility index (Phi) is 6.03. The Labute approximate surface area is 148 Å². The molecule has 136 valence electrons. The Morgan fingerprint density at radius 3 is 2.48 bits per heavy atom. The van der Waals surface area contributed by atoms with Gasteiger partial charge in [-0.05, 0) is 49.9 Å². The van der Waals surface area contributed by atoms with E-state index in [9.17, 15) is 13.2 Å². The summed E-state index contributed by atoms with van der Waals surface area (Å²) in [7, 11) is -2.20. The number of rotatable bonds is 5. The van der Waals surface area contributed by atoms with E-state index in [4.69, 9.17) is 10.00 Å². The van der Waals surface area contributed by atoms with Crippen molar-refractivity contribution in [1.29, 1.82) is 5.26 Å². The minimum Gasteiger partial charge on any atom is -0.495 e. The van der Waals surface area contributed by atoms with Crippen molar-refractivity contribution in [3.63, 3.8) is 0 Å². The van der Waals surface area contributed by atoms with E-state index in [1.54, 1.807) is 18.2 Å². The molecule has 0 saturated carbocycles. The van der Waals surface area contributed by atoms with Crippen molar-refractivity contribution in [2.24, 2.45) is 0 Å². The minimum atomic E-state index is -3.66. The van der Waals surface area contributed by atoms with E-state index >= 15 is 0 Å². The zero-order valence-electron chi connectivity index (χ0n) is 14.7. The second kappa shape index (κ2) is 7.85. The largest absolute Gasteiger partial charge is 0.495 e.